The Kier molecular flexibility index (Phi) is 9.68. The van der Waals surface area contributed by atoms with Crippen molar-refractivity contribution < 1.29 is 20.1 Å². The van der Waals surface area contributed by atoms with Crippen LogP contribution in [0.5, 0.6) is 0 Å². The summed E-state index contributed by atoms with van der Waals surface area (Å²) < 4.78 is 0. The van der Waals surface area contributed by atoms with Gasteiger partial charge in [0, 0.05) is 60.7 Å². The van der Waals surface area contributed by atoms with Gasteiger partial charge in [0.15, 0.2) is 0 Å². The second-order valence-corrected chi connectivity index (χ2v) is 11.1. The van der Waals surface area contributed by atoms with Crippen LogP contribution in [0.4, 0.5) is 0 Å². The van der Waals surface area contributed by atoms with E-state index in [4.69, 9.17) is 4.98 Å². The zero-order chi connectivity index (χ0) is 31.3. The average molecular weight is 783 g/mol. The second kappa shape index (κ2) is 14.4. The summed E-state index contributed by atoms with van der Waals surface area (Å²) in [5.41, 5.74) is 12.6. The molecular weight excluding hydrogens is 753 g/mol. The third-order valence-corrected chi connectivity index (χ3v) is 7.93. The molecule has 0 saturated heterocycles. The molecule has 0 saturated carbocycles. The van der Waals surface area contributed by atoms with Crippen LogP contribution in [0, 0.1) is 26.0 Å². The molecule has 0 spiro atoms. The quantitative estimate of drug-likeness (QED) is 0.132. The molecule has 4 nitrogen and oxygen atoms in total. The molecular formula is C42H30IrN4-2. The molecule has 229 valence electrons. The number of aromatic nitrogens is 4. The van der Waals surface area contributed by atoms with Crippen LogP contribution in [-0.2, 0) is 20.1 Å². The summed E-state index contributed by atoms with van der Waals surface area (Å²) >= 11 is 0. The number of hydrogen-bond donors (Lipinski definition) is 0. The predicted octanol–water partition coefficient (Wildman–Crippen LogP) is 10.1. The van der Waals surface area contributed by atoms with Gasteiger partial charge in [-0.1, -0.05) is 67.1 Å². The number of rotatable bonds is 4. The minimum absolute atomic E-state index is 0. The van der Waals surface area contributed by atoms with E-state index in [1.54, 1.807) is 6.20 Å². The average Bonchev–Trinajstić information content (AvgIpc) is 3.13. The second-order valence-electron chi connectivity index (χ2n) is 11.1. The van der Waals surface area contributed by atoms with Crippen molar-refractivity contribution in [3.63, 3.8) is 0 Å². The maximum Gasteiger partial charge on any atom is 0.0791 e. The molecule has 0 aliphatic carbocycles. The maximum atomic E-state index is 4.93. The molecule has 0 amide bonds. The van der Waals surface area contributed by atoms with Gasteiger partial charge in [-0.2, -0.15) is 0 Å². The van der Waals surface area contributed by atoms with Gasteiger partial charge < -0.3 is 9.97 Å². The Morgan fingerprint density at radius 2 is 1.26 bits per heavy atom. The maximum absolute atomic E-state index is 4.93. The fraction of sp³-hybridized carbons (Fsp3) is 0.0476. The summed E-state index contributed by atoms with van der Waals surface area (Å²) in [7, 11) is 0. The molecule has 0 aliphatic heterocycles. The van der Waals surface area contributed by atoms with Gasteiger partial charge in [0.2, 0.25) is 0 Å². The van der Waals surface area contributed by atoms with Crippen LogP contribution in [-0.4, -0.2) is 19.9 Å². The molecule has 0 atom stereocenters. The number of aryl methyl sites for hydroxylation is 2. The Labute approximate surface area is 288 Å². The van der Waals surface area contributed by atoms with E-state index in [-0.39, 0.29) is 20.1 Å². The van der Waals surface area contributed by atoms with Gasteiger partial charge in [-0.25, -0.2) is 0 Å². The molecule has 4 aromatic carbocycles. The Morgan fingerprint density at radius 3 is 1.98 bits per heavy atom. The van der Waals surface area contributed by atoms with Crippen molar-refractivity contribution in [3.8, 4) is 44.8 Å². The zero-order valence-corrected chi connectivity index (χ0v) is 28.4. The fourth-order valence-electron chi connectivity index (χ4n) is 5.64. The van der Waals surface area contributed by atoms with Crippen LogP contribution in [0.15, 0.2) is 146 Å². The number of hydrogen-bond acceptors (Lipinski definition) is 4. The minimum Gasteiger partial charge on any atom is -0.305 e. The first-order valence-corrected chi connectivity index (χ1v) is 15.2. The third kappa shape index (κ3) is 6.92. The molecule has 8 rings (SSSR count). The number of nitrogens with zero attached hydrogens (tertiary/aromatic N) is 4. The SMILES string of the molecule is Cc1ccc2c(n1)c(-c1cccc(-c3cc(-c4ccccn4)[c-]cc3C)c1)cc1ncccc12.[Ir].[c-]1ccccc1-c1ccccn1. The van der Waals surface area contributed by atoms with Crippen molar-refractivity contribution in [3.05, 3.63) is 169 Å². The van der Waals surface area contributed by atoms with Gasteiger partial charge in [-0.3, -0.25) is 9.97 Å². The molecule has 4 aromatic heterocycles. The Bertz CT molecular complexity index is 2230. The van der Waals surface area contributed by atoms with Crippen LogP contribution in [0.25, 0.3) is 66.6 Å². The summed E-state index contributed by atoms with van der Waals surface area (Å²) in [5, 5.41) is 2.25. The van der Waals surface area contributed by atoms with Gasteiger partial charge in [0.25, 0.3) is 0 Å². The van der Waals surface area contributed by atoms with E-state index in [9.17, 15) is 0 Å². The first-order chi connectivity index (χ1) is 22.6. The van der Waals surface area contributed by atoms with E-state index >= 15 is 0 Å². The van der Waals surface area contributed by atoms with E-state index in [0.717, 1.165) is 66.7 Å². The normalized spacial score (nSPS) is 10.6. The molecule has 0 unspecified atom stereocenters. The summed E-state index contributed by atoms with van der Waals surface area (Å²) in [6.45, 7) is 4.16. The molecule has 1 radical (unpaired) electrons. The largest absolute Gasteiger partial charge is 0.305 e. The van der Waals surface area contributed by atoms with Crippen LogP contribution in [0.2, 0.25) is 0 Å². The van der Waals surface area contributed by atoms with Crippen LogP contribution in [0.3, 0.4) is 0 Å². The summed E-state index contributed by atoms with van der Waals surface area (Å²) in [6, 6.07) is 49.5. The van der Waals surface area contributed by atoms with Gasteiger partial charge >= 0.3 is 0 Å². The van der Waals surface area contributed by atoms with E-state index < -0.39 is 0 Å². The van der Waals surface area contributed by atoms with Crippen LogP contribution >= 0.6 is 0 Å². The number of pyridine rings is 4. The minimum atomic E-state index is 0. The zero-order valence-electron chi connectivity index (χ0n) is 26.0. The molecule has 8 aromatic rings. The van der Waals surface area contributed by atoms with Crippen LogP contribution < -0.4 is 0 Å². The molecule has 0 bridgehead atoms. The number of benzene rings is 4. The van der Waals surface area contributed by atoms with Crippen molar-refractivity contribution in [2.24, 2.45) is 0 Å². The molecule has 0 aliphatic rings. The van der Waals surface area contributed by atoms with E-state index in [0.29, 0.717) is 0 Å². The summed E-state index contributed by atoms with van der Waals surface area (Å²) in [4.78, 5) is 18.3. The van der Waals surface area contributed by atoms with Crippen molar-refractivity contribution in [1.29, 1.82) is 0 Å². The van der Waals surface area contributed by atoms with Crippen molar-refractivity contribution in [2.75, 3.05) is 0 Å². The topological polar surface area (TPSA) is 51.6 Å². The number of fused-ring (bicyclic) bond motifs is 3. The predicted molar refractivity (Wildman–Crippen MR) is 188 cm³/mol. The molecule has 0 fully saturated rings. The third-order valence-electron chi connectivity index (χ3n) is 7.93. The summed E-state index contributed by atoms with van der Waals surface area (Å²) in [5.74, 6) is 0. The van der Waals surface area contributed by atoms with Crippen molar-refractivity contribution in [2.45, 2.75) is 13.8 Å². The van der Waals surface area contributed by atoms with E-state index in [1.807, 2.05) is 92.1 Å². The smallest absolute Gasteiger partial charge is 0.0791 e. The molecule has 0 N–H and O–H groups in total. The monoisotopic (exact) mass is 783 g/mol. The Hall–Kier alpha value is -5.35. The van der Waals surface area contributed by atoms with Crippen molar-refractivity contribution >= 4 is 21.8 Å². The molecule has 4 heterocycles. The van der Waals surface area contributed by atoms with Gasteiger partial charge in [0.1, 0.15) is 0 Å². The van der Waals surface area contributed by atoms with E-state index in [1.165, 1.54) is 11.1 Å². The molecule has 5 heteroatoms. The fourth-order valence-corrected chi connectivity index (χ4v) is 5.64. The van der Waals surface area contributed by atoms with Crippen LogP contribution in [0.1, 0.15) is 11.3 Å². The van der Waals surface area contributed by atoms with Gasteiger partial charge in [-0.05, 0) is 65.8 Å². The van der Waals surface area contributed by atoms with Gasteiger partial charge in [-0.15, -0.1) is 65.2 Å². The first-order valence-electron chi connectivity index (χ1n) is 15.2. The van der Waals surface area contributed by atoms with Crippen molar-refractivity contribution in [1.82, 2.24) is 19.9 Å². The summed E-state index contributed by atoms with van der Waals surface area (Å²) in [6.07, 6.45) is 5.45. The van der Waals surface area contributed by atoms with E-state index in [2.05, 4.69) is 88.6 Å². The van der Waals surface area contributed by atoms with Gasteiger partial charge in [0.05, 0.1) is 11.0 Å². The Morgan fingerprint density at radius 1 is 0.532 bits per heavy atom. The standard InChI is InChI=1S/C31H22N3.C11H8N.Ir/c1-20-11-13-24(29-10-3-4-15-32-29)18-27(20)22-7-5-8-23(17-22)28-19-30-25(9-6-16-33-30)26-14-12-21(2)34-31(26)28;1-2-6-10(7-3-1)11-8-4-5-9-12-11;/h3-12,14-19H,1-2H3;1-6,8-9H;/q2*-1;. The Balaban J connectivity index is 0.000000250. The molecule has 47 heavy (non-hydrogen) atoms. The first kappa shape index (κ1) is 31.6.